The molecule has 2 aliphatic heterocycles. The number of hydrogen-bond donors (Lipinski definition) is 0. The zero-order valence-electron chi connectivity index (χ0n) is 7.83. The lowest BCUT2D eigenvalue weighted by Gasteiger charge is -2.31. The number of rotatable bonds is 1. The minimum Gasteiger partial charge on any atom is -0.469 e. The van der Waals surface area contributed by atoms with E-state index in [4.69, 9.17) is 4.42 Å². The Kier molecular flexibility index (Phi) is 1.53. The van der Waals surface area contributed by atoms with Crippen LogP contribution in [-0.2, 0) is 5.41 Å². The molecule has 2 nitrogen and oxygen atoms in total. The van der Waals surface area contributed by atoms with Gasteiger partial charge in [0, 0.05) is 12.0 Å². The molecule has 2 fully saturated rings. The summed E-state index contributed by atoms with van der Waals surface area (Å²) >= 11 is 0. The summed E-state index contributed by atoms with van der Waals surface area (Å²) in [4.78, 5) is 2.56. The van der Waals surface area contributed by atoms with Crippen LogP contribution in [0.3, 0.4) is 0 Å². The molecule has 2 saturated heterocycles. The van der Waals surface area contributed by atoms with E-state index in [1.54, 1.807) is 6.26 Å². The first-order chi connectivity index (χ1) is 6.39. The summed E-state index contributed by atoms with van der Waals surface area (Å²) in [6, 6.07) is 4.16. The first-order valence-electron chi connectivity index (χ1n) is 5.15. The fourth-order valence-electron chi connectivity index (χ4n) is 2.90. The second kappa shape index (κ2) is 2.61. The van der Waals surface area contributed by atoms with E-state index in [-0.39, 0.29) is 0 Å². The van der Waals surface area contributed by atoms with Gasteiger partial charge < -0.3 is 9.32 Å². The molecule has 2 aliphatic rings. The third kappa shape index (κ3) is 1.05. The van der Waals surface area contributed by atoms with Crippen LogP contribution in [0.5, 0.6) is 0 Å². The fourth-order valence-corrected chi connectivity index (χ4v) is 2.90. The molecule has 2 heteroatoms. The first-order valence-corrected chi connectivity index (χ1v) is 5.15. The molecule has 70 valence electrons. The normalized spacial score (nSPS) is 38.0. The molecule has 3 rings (SSSR count). The molecular formula is C11H15NO. The number of furan rings is 1. The Morgan fingerprint density at radius 3 is 3.15 bits per heavy atom. The van der Waals surface area contributed by atoms with Gasteiger partial charge in [-0.25, -0.2) is 0 Å². The predicted molar refractivity (Wildman–Crippen MR) is 50.7 cm³/mol. The van der Waals surface area contributed by atoms with Crippen molar-refractivity contribution in [1.29, 1.82) is 0 Å². The van der Waals surface area contributed by atoms with Crippen LogP contribution in [0.15, 0.2) is 22.8 Å². The van der Waals surface area contributed by atoms with E-state index in [2.05, 4.69) is 11.0 Å². The van der Waals surface area contributed by atoms with Gasteiger partial charge in [-0.2, -0.15) is 0 Å². The van der Waals surface area contributed by atoms with Crippen molar-refractivity contribution < 1.29 is 4.42 Å². The van der Waals surface area contributed by atoms with E-state index in [1.165, 1.54) is 44.7 Å². The number of fused-ring (bicyclic) bond motifs is 2. The Bertz CT molecular complexity index is 289. The molecule has 1 aromatic rings. The van der Waals surface area contributed by atoms with Gasteiger partial charge >= 0.3 is 0 Å². The van der Waals surface area contributed by atoms with Crippen molar-refractivity contribution >= 4 is 0 Å². The molecular weight excluding hydrogens is 162 g/mol. The Morgan fingerprint density at radius 1 is 1.31 bits per heavy atom. The molecule has 0 aromatic carbocycles. The van der Waals surface area contributed by atoms with Crippen LogP contribution in [-0.4, -0.2) is 24.5 Å². The fraction of sp³-hybridized carbons (Fsp3) is 0.636. The quantitative estimate of drug-likeness (QED) is 0.652. The van der Waals surface area contributed by atoms with Crippen molar-refractivity contribution in [1.82, 2.24) is 4.90 Å². The summed E-state index contributed by atoms with van der Waals surface area (Å²) in [7, 11) is 0. The summed E-state index contributed by atoms with van der Waals surface area (Å²) in [5.41, 5.74) is 0.377. The zero-order valence-corrected chi connectivity index (χ0v) is 7.83. The van der Waals surface area contributed by atoms with Crippen LogP contribution in [0.1, 0.15) is 25.0 Å². The van der Waals surface area contributed by atoms with E-state index in [0.29, 0.717) is 5.41 Å². The van der Waals surface area contributed by atoms with Crippen molar-refractivity contribution in [2.45, 2.75) is 24.7 Å². The summed E-state index contributed by atoms with van der Waals surface area (Å²) in [5.74, 6) is 1.22. The van der Waals surface area contributed by atoms with Crippen molar-refractivity contribution in [3.05, 3.63) is 24.2 Å². The second-order valence-electron chi connectivity index (χ2n) is 4.39. The second-order valence-corrected chi connectivity index (χ2v) is 4.39. The summed E-state index contributed by atoms with van der Waals surface area (Å²) in [6.07, 6.45) is 5.75. The number of nitrogens with zero attached hydrogens (tertiary/aromatic N) is 1. The highest BCUT2D eigenvalue weighted by atomic mass is 16.3. The minimum absolute atomic E-state index is 0.377. The predicted octanol–water partition coefficient (Wildman–Crippen LogP) is 2.02. The molecule has 0 amide bonds. The van der Waals surface area contributed by atoms with Crippen LogP contribution < -0.4 is 0 Å². The summed E-state index contributed by atoms with van der Waals surface area (Å²) in [6.45, 7) is 3.78. The highest BCUT2D eigenvalue weighted by molar-refractivity contribution is 5.19. The highest BCUT2D eigenvalue weighted by Gasteiger charge is 2.43. The Labute approximate surface area is 78.5 Å². The van der Waals surface area contributed by atoms with Crippen molar-refractivity contribution in [3.8, 4) is 0 Å². The van der Waals surface area contributed by atoms with Gasteiger partial charge in [0.15, 0.2) is 0 Å². The van der Waals surface area contributed by atoms with E-state index in [1.807, 2.05) is 6.07 Å². The average molecular weight is 177 g/mol. The lowest BCUT2D eigenvalue weighted by molar-refractivity contribution is 0.220. The van der Waals surface area contributed by atoms with Gasteiger partial charge in [0.1, 0.15) is 5.76 Å². The molecule has 2 unspecified atom stereocenters. The Balaban J connectivity index is 1.97. The van der Waals surface area contributed by atoms with Crippen LogP contribution in [0, 0.1) is 0 Å². The summed E-state index contributed by atoms with van der Waals surface area (Å²) < 4.78 is 5.57. The van der Waals surface area contributed by atoms with Crippen molar-refractivity contribution in [2.24, 2.45) is 0 Å². The van der Waals surface area contributed by atoms with Gasteiger partial charge in [-0.1, -0.05) is 0 Å². The molecule has 0 N–H and O–H groups in total. The van der Waals surface area contributed by atoms with E-state index in [0.717, 1.165) is 0 Å². The SMILES string of the molecule is c1coc(C23CCCN(CC2)C3)c1. The van der Waals surface area contributed by atoms with Gasteiger partial charge in [0.05, 0.1) is 6.26 Å². The third-order valence-corrected chi connectivity index (χ3v) is 3.61. The molecule has 2 atom stereocenters. The van der Waals surface area contributed by atoms with Gasteiger partial charge in [0.2, 0.25) is 0 Å². The number of hydrogen-bond acceptors (Lipinski definition) is 2. The maximum absolute atomic E-state index is 5.57. The van der Waals surface area contributed by atoms with Crippen LogP contribution >= 0.6 is 0 Å². The van der Waals surface area contributed by atoms with Gasteiger partial charge in [0.25, 0.3) is 0 Å². The zero-order chi connectivity index (χ0) is 8.73. The standard InChI is InChI=1S/C11H15NO/c1-3-10(13-8-1)11-4-2-6-12(9-11)7-5-11/h1,3,8H,2,4-7,9H2. The van der Waals surface area contributed by atoms with E-state index < -0.39 is 0 Å². The molecule has 13 heavy (non-hydrogen) atoms. The van der Waals surface area contributed by atoms with Crippen LogP contribution in [0.25, 0.3) is 0 Å². The topological polar surface area (TPSA) is 16.4 Å². The van der Waals surface area contributed by atoms with Gasteiger partial charge in [-0.15, -0.1) is 0 Å². The third-order valence-electron chi connectivity index (χ3n) is 3.61. The van der Waals surface area contributed by atoms with E-state index in [9.17, 15) is 0 Å². The molecule has 1 aromatic heterocycles. The minimum atomic E-state index is 0.377. The van der Waals surface area contributed by atoms with Gasteiger partial charge in [-0.3, -0.25) is 0 Å². The van der Waals surface area contributed by atoms with Crippen molar-refractivity contribution in [2.75, 3.05) is 19.6 Å². The van der Waals surface area contributed by atoms with Gasteiger partial charge in [-0.05, 0) is 44.5 Å². The Hall–Kier alpha value is -0.760. The molecule has 2 bridgehead atoms. The maximum Gasteiger partial charge on any atom is 0.111 e. The largest absolute Gasteiger partial charge is 0.469 e. The summed E-state index contributed by atoms with van der Waals surface area (Å²) in [5, 5.41) is 0. The van der Waals surface area contributed by atoms with E-state index >= 15 is 0 Å². The van der Waals surface area contributed by atoms with Crippen LogP contribution in [0.2, 0.25) is 0 Å². The van der Waals surface area contributed by atoms with Crippen LogP contribution in [0.4, 0.5) is 0 Å². The molecule has 3 heterocycles. The number of piperidine rings is 1. The molecule has 0 aliphatic carbocycles. The molecule has 0 saturated carbocycles. The van der Waals surface area contributed by atoms with Crippen molar-refractivity contribution in [3.63, 3.8) is 0 Å². The molecule has 0 spiro atoms. The Morgan fingerprint density at radius 2 is 2.31 bits per heavy atom. The lowest BCUT2D eigenvalue weighted by atomic mass is 9.79. The first kappa shape index (κ1) is 7.63. The molecule has 0 radical (unpaired) electrons. The average Bonchev–Trinajstić information content (AvgIpc) is 2.75. The smallest absolute Gasteiger partial charge is 0.111 e. The monoisotopic (exact) mass is 177 g/mol. The highest BCUT2D eigenvalue weighted by Crippen LogP contribution is 2.41. The maximum atomic E-state index is 5.57. The lowest BCUT2D eigenvalue weighted by Crippen LogP contribution is -2.36.